The highest BCUT2D eigenvalue weighted by molar-refractivity contribution is 5.71. The van der Waals surface area contributed by atoms with Crippen LogP contribution in [0.4, 0.5) is 0 Å². The zero-order valence-corrected chi connectivity index (χ0v) is 37.9. The van der Waals surface area contributed by atoms with Crippen molar-refractivity contribution in [2.75, 3.05) is 13.2 Å². The zero-order chi connectivity index (χ0) is 41.5. The van der Waals surface area contributed by atoms with Gasteiger partial charge in [-0.1, -0.05) is 173 Å². The molecule has 0 spiro atoms. The van der Waals surface area contributed by atoms with Crippen molar-refractivity contribution >= 4 is 17.9 Å². The van der Waals surface area contributed by atoms with Crippen molar-refractivity contribution in [2.45, 2.75) is 258 Å². The van der Waals surface area contributed by atoms with Crippen molar-refractivity contribution in [1.29, 1.82) is 0 Å². The Kier molecular flexibility index (Phi) is 44.4. The number of carbonyl (C=O) groups is 3. The van der Waals surface area contributed by atoms with Gasteiger partial charge in [-0.2, -0.15) is 0 Å². The van der Waals surface area contributed by atoms with Crippen LogP contribution < -0.4 is 0 Å². The van der Waals surface area contributed by atoms with Crippen LogP contribution >= 0.6 is 0 Å². The van der Waals surface area contributed by atoms with Crippen LogP contribution in [0.1, 0.15) is 252 Å². The number of hydrogen-bond donors (Lipinski definition) is 0. The van der Waals surface area contributed by atoms with Crippen molar-refractivity contribution < 1.29 is 28.6 Å². The van der Waals surface area contributed by atoms with Crippen LogP contribution in [0.15, 0.2) is 36.5 Å². The van der Waals surface area contributed by atoms with E-state index >= 15 is 0 Å². The number of ether oxygens (including phenoxy) is 3. The first-order chi connectivity index (χ1) is 28.0. The second-order valence-electron chi connectivity index (χ2n) is 16.4. The molecule has 0 aliphatic carbocycles. The van der Waals surface area contributed by atoms with E-state index in [1.165, 1.54) is 128 Å². The normalized spacial score (nSPS) is 12.3. The molecule has 0 radical (unpaired) electrons. The average Bonchev–Trinajstić information content (AvgIpc) is 3.21. The lowest BCUT2D eigenvalue weighted by molar-refractivity contribution is -0.167. The molecule has 0 aliphatic heterocycles. The summed E-state index contributed by atoms with van der Waals surface area (Å²) < 4.78 is 16.7. The fourth-order valence-electron chi connectivity index (χ4n) is 6.84. The average molecular weight is 801 g/mol. The number of esters is 3. The number of rotatable bonds is 44. The first kappa shape index (κ1) is 54.6. The molecule has 0 heterocycles. The molecule has 57 heavy (non-hydrogen) atoms. The molecule has 0 aromatic carbocycles. The third-order valence-corrected chi connectivity index (χ3v) is 10.6. The number of unbranched alkanes of at least 4 members (excludes halogenated alkanes) is 27. The van der Waals surface area contributed by atoms with Crippen LogP contribution in [0.2, 0.25) is 0 Å². The number of allylic oxidation sites excluding steroid dienone is 6. The molecule has 0 bridgehead atoms. The van der Waals surface area contributed by atoms with Crippen molar-refractivity contribution in [2.24, 2.45) is 0 Å². The van der Waals surface area contributed by atoms with E-state index in [-0.39, 0.29) is 31.1 Å². The standard InChI is InChI=1S/C51H92O6/c1-4-7-10-13-16-19-22-25-27-29-32-35-38-41-44-50(53)56-47-48(46-55-49(52)43-40-37-34-31-28-24-21-18-15-12-9-6-3)57-51(54)45-42-39-36-33-30-26-23-20-17-14-11-8-5-2/h18,20-23,25,48H,4-17,19,24,26-47H2,1-3H3/b21-18-,23-20-,25-22-/t48-/m1/s1. The molecule has 0 saturated carbocycles. The largest absolute Gasteiger partial charge is 0.462 e. The van der Waals surface area contributed by atoms with Crippen molar-refractivity contribution in [3.05, 3.63) is 36.5 Å². The first-order valence-corrected chi connectivity index (χ1v) is 24.5. The summed E-state index contributed by atoms with van der Waals surface area (Å²) in [4.78, 5) is 37.8. The SMILES string of the molecule is CCCCC/C=C\CCCCCCCC(=O)OC[C@H](COC(=O)CCCCCCC/C=C\CCCCCCC)OC(=O)CCCCCCC/C=C\CCCCCC. The monoisotopic (exact) mass is 801 g/mol. The molecule has 0 saturated heterocycles. The molecule has 0 unspecified atom stereocenters. The van der Waals surface area contributed by atoms with E-state index in [0.717, 1.165) is 83.5 Å². The van der Waals surface area contributed by atoms with Gasteiger partial charge in [0, 0.05) is 19.3 Å². The van der Waals surface area contributed by atoms with E-state index in [1.54, 1.807) is 0 Å². The maximum absolute atomic E-state index is 12.7. The Labute approximate surface area is 353 Å². The van der Waals surface area contributed by atoms with Gasteiger partial charge in [-0.05, 0) is 96.3 Å². The van der Waals surface area contributed by atoms with E-state index in [0.29, 0.717) is 19.3 Å². The molecule has 1 atom stereocenters. The highest BCUT2D eigenvalue weighted by Crippen LogP contribution is 2.14. The summed E-state index contributed by atoms with van der Waals surface area (Å²) in [7, 11) is 0. The maximum Gasteiger partial charge on any atom is 0.306 e. The molecule has 0 aromatic rings. The summed E-state index contributed by atoms with van der Waals surface area (Å²) in [6.45, 7) is 6.57. The second kappa shape index (κ2) is 46.3. The van der Waals surface area contributed by atoms with Crippen LogP contribution in [-0.4, -0.2) is 37.2 Å². The quantitative estimate of drug-likeness (QED) is 0.0264. The summed E-state index contributed by atoms with van der Waals surface area (Å²) in [5.74, 6) is -0.903. The molecular weight excluding hydrogens is 709 g/mol. The summed E-state index contributed by atoms with van der Waals surface area (Å²) in [5, 5.41) is 0. The van der Waals surface area contributed by atoms with Gasteiger partial charge in [-0.3, -0.25) is 14.4 Å². The minimum Gasteiger partial charge on any atom is -0.462 e. The first-order valence-electron chi connectivity index (χ1n) is 24.5. The van der Waals surface area contributed by atoms with Crippen LogP contribution in [0.3, 0.4) is 0 Å². The van der Waals surface area contributed by atoms with Gasteiger partial charge in [0.15, 0.2) is 6.10 Å². The topological polar surface area (TPSA) is 78.9 Å². The van der Waals surface area contributed by atoms with Crippen molar-refractivity contribution in [1.82, 2.24) is 0 Å². The minimum absolute atomic E-state index is 0.0814. The lowest BCUT2D eigenvalue weighted by Crippen LogP contribution is -2.30. The predicted molar refractivity (Wildman–Crippen MR) is 242 cm³/mol. The maximum atomic E-state index is 12.7. The van der Waals surface area contributed by atoms with Gasteiger partial charge in [0.2, 0.25) is 0 Å². The van der Waals surface area contributed by atoms with Gasteiger partial charge in [0.25, 0.3) is 0 Å². The second-order valence-corrected chi connectivity index (χ2v) is 16.4. The summed E-state index contributed by atoms with van der Waals surface area (Å²) in [6.07, 6.45) is 52.6. The number of carbonyl (C=O) groups excluding carboxylic acids is 3. The highest BCUT2D eigenvalue weighted by Gasteiger charge is 2.19. The van der Waals surface area contributed by atoms with E-state index in [9.17, 15) is 14.4 Å². The van der Waals surface area contributed by atoms with Crippen LogP contribution in [-0.2, 0) is 28.6 Å². The van der Waals surface area contributed by atoms with Gasteiger partial charge in [-0.25, -0.2) is 0 Å². The summed E-state index contributed by atoms with van der Waals surface area (Å²) in [5.41, 5.74) is 0. The van der Waals surface area contributed by atoms with E-state index < -0.39 is 6.10 Å². The smallest absolute Gasteiger partial charge is 0.306 e. The van der Waals surface area contributed by atoms with Gasteiger partial charge < -0.3 is 14.2 Å². The molecule has 0 rings (SSSR count). The fraction of sp³-hybridized carbons (Fsp3) is 0.824. The van der Waals surface area contributed by atoms with E-state index in [1.807, 2.05) is 0 Å². The Morgan fingerprint density at radius 2 is 0.579 bits per heavy atom. The summed E-state index contributed by atoms with van der Waals surface area (Å²) in [6, 6.07) is 0. The Morgan fingerprint density at radius 3 is 0.930 bits per heavy atom. The van der Waals surface area contributed by atoms with Crippen molar-refractivity contribution in [3.8, 4) is 0 Å². The van der Waals surface area contributed by atoms with Gasteiger partial charge >= 0.3 is 17.9 Å². The third kappa shape index (κ3) is 44.6. The van der Waals surface area contributed by atoms with E-state index in [2.05, 4.69) is 57.2 Å². The Hall–Kier alpha value is -2.37. The molecule has 0 amide bonds. The lowest BCUT2D eigenvalue weighted by atomic mass is 10.1. The Bertz CT molecular complexity index is 969. The predicted octanol–water partition coefficient (Wildman–Crippen LogP) is 15.8. The molecule has 0 aromatic heterocycles. The highest BCUT2D eigenvalue weighted by atomic mass is 16.6. The molecule has 0 fully saturated rings. The van der Waals surface area contributed by atoms with Gasteiger partial charge in [-0.15, -0.1) is 0 Å². The number of hydrogen-bond acceptors (Lipinski definition) is 6. The molecule has 6 nitrogen and oxygen atoms in total. The third-order valence-electron chi connectivity index (χ3n) is 10.6. The summed E-state index contributed by atoms with van der Waals surface area (Å²) >= 11 is 0. The van der Waals surface area contributed by atoms with E-state index in [4.69, 9.17) is 14.2 Å². The Balaban J connectivity index is 4.40. The molecule has 332 valence electrons. The molecule has 0 N–H and O–H groups in total. The fourth-order valence-corrected chi connectivity index (χ4v) is 6.84. The molecule has 0 aliphatic rings. The van der Waals surface area contributed by atoms with Gasteiger partial charge in [0.1, 0.15) is 13.2 Å². The minimum atomic E-state index is -0.779. The zero-order valence-electron chi connectivity index (χ0n) is 37.9. The van der Waals surface area contributed by atoms with Crippen LogP contribution in [0.5, 0.6) is 0 Å². The Morgan fingerprint density at radius 1 is 0.333 bits per heavy atom. The molecular formula is C51H92O6. The molecule has 6 heteroatoms. The van der Waals surface area contributed by atoms with Crippen LogP contribution in [0, 0.1) is 0 Å². The van der Waals surface area contributed by atoms with Gasteiger partial charge in [0.05, 0.1) is 0 Å². The lowest BCUT2D eigenvalue weighted by Gasteiger charge is -2.18. The van der Waals surface area contributed by atoms with Crippen LogP contribution in [0.25, 0.3) is 0 Å². The van der Waals surface area contributed by atoms with Crippen molar-refractivity contribution in [3.63, 3.8) is 0 Å².